The fourth-order valence-electron chi connectivity index (χ4n) is 2.05. The summed E-state index contributed by atoms with van der Waals surface area (Å²) in [4.78, 5) is 0. The van der Waals surface area contributed by atoms with Crippen molar-refractivity contribution in [2.45, 2.75) is 38.6 Å². The Labute approximate surface area is 94.6 Å². The van der Waals surface area contributed by atoms with E-state index in [1.54, 1.807) is 0 Å². The number of rotatable bonds is 2. The zero-order valence-electron chi connectivity index (χ0n) is 9.41. The summed E-state index contributed by atoms with van der Waals surface area (Å²) in [5.74, 6) is 1.39. The normalized spacial score (nSPS) is 26.4. The van der Waals surface area contributed by atoms with Gasteiger partial charge in [0.2, 0.25) is 0 Å². The molecule has 1 N–H and O–H groups in total. The lowest BCUT2D eigenvalue weighted by atomic mass is 10.0. The van der Waals surface area contributed by atoms with Crippen LogP contribution < -0.4 is 0 Å². The molecule has 84 valence electrons. The summed E-state index contributed by atoms with van der Waals surface area (Å²) >= 11 is 5.29. The van der Waals surface area contributed by atoms with E-state index in [1.165, 1.54) is 0 Å². The van der Waals surface area contributed by atoms with E-state index >= 15 is 0 Å². The lowest BCUT2D eigenvalue weighted by Crippen LogP contribution is -2.32. The van der Waals surface area contributed by atoms with Gasteiger partial charge in [0, 0.05) is 12.5 Å². The summed E-state index contributed by atoms with van der Waals surface area (Å²) in [7, 11) is 0. The highest BCUT2D eigenvalue weighted by Crippen LogP contribution is 2.30. The van der Waals surface area contributed by atoms with Crippen LogP contribution >= 0.6 is 12.2 Å². The quantitative estimate of drug-likeness (QED) is 0.788. The number of hydrogen-bond acceptors (Lipinski definition) is 3. The number of nitrogens with zero attached hydrogens (tertiary/aromatic N) is 2. The topological polar surface area (TPSA) is 42.8 Å². The van der Waals surface area contributed by atoms with E-state index < -0.39 is 0 Å². The smallest absolute Gasteiger partial charge is 0.195 e. The molecule has 0 aromatic carbocycles. The molecule has 4 nitrogen and oxygen atoms in total. The molecule has 5 heteroatoms. The first kappa shape index (κ1) is 10.8. The Morgan fingerprint density at radius 3 is 2.87 bits per heavy atom. The maximum absolute atomic E-state index is 5.46. The van der Waals surface area contributed by atoms with Gasteiger partial charge in [-0.1, -0.05) is 13.8 Å². The molecule has 0 radical (unpaired) electrons. The third kappa shape index (κ3) is 1.74. The van der Waals surface area contributed by atoms with Crippen molar-refractivity contribution in [1.29, 1.82) is 0 Å². The third-order valence-electron chi connectivity index (χ3n) is 2.95. The van der Waals surface area contributed by atoms with Gasteiger partial charge in [0.15, 0.2) is 4.77 Å². The highest BCUT2D eigenvalue weighted by molar-refractivity contribution is 7.71. The second-order valence-corrected chi connectivity index (χ2v) is 5.06. The monoisotopic (exact) mass is 227 g/mol. The van der Waals surface area contributed by atoms with E-state index in [9.17, 15) is 0 Å². The van der Waals surface area contributed by atoms with Crippen molar-refractivity contribution in [2.75, 3.05) is 13.2 Å². The molecule has 0 saturated carbocycles. The molecule has 1 aliphatic heterocycles. The summed E-state index contributed by atoms with van der Waals surface area (Å²) in [5.41, 5.74) is -0.0241. The van der Waals surface area contributed by atoms with Crippen LogP contribution in [0.4, 0.5) is 0 Å². The fraction of sp³-hybridized carbons (Fsp3) is 0.800. The van der Waals surface area contributed by atoms with E-state index in [0.717, 1.165) is 25.5 Å². The summed E-state index contributed by atoms with van der Waals surface area (Å²) in [6.07, 6.45) is 1.00. The van der Waals surface area contributed by atoms with E-state index in [4.69, 9.17) is 17.0 Å². The van der Waals surface area contributed by atoms with Gasteiger partial charge in [-0.2, -0.15) is 5.10 Å². The Bertz CT molecular complexity index is 401. The second-order valence-electron chi connectivity index (χ2n) is 4.68. The fourth-order valence-corrected chi connectivity index (χ4v) is 2.41. The Balaban J connectivity index is 2.50. The molecule has 1 aromatic heterocycles. The maximum Gasteiger partial charge on any atom is 0.195 e. The molecule has 1 atom stereocenters. The zero-order chi connectivity index (χ0) is 11.1. The second kappa shape index (κ2) is 3.72. The number of aromatic nitrogens is 3. The first-order valence-electron chi connectivity index (χ1n) is 5.30. The SMILES string of the molecule is CC(C)c1n[nH]c(=S)n1C1(C)CCOC1. The molecule has 15 heavy (non-hydrogen) atoms. The van der Waals surface area contributed by atoms with Crippen molar-refractivity contribution >= 4 is 12.2 Å². The molecule has 0 aliphatic carbocycles. The molecule has 1 fully saturated rings. The molecule has 1 aromatic rings. The molecule has 2 rings (SSSR count). The average Bonchev–Trinajstić information content (AvgIpc) is 2.72. The van der Waals surface area contributed by atoms with Crippen LogP contribution in [0.2, 0.25) is 0 Å². The first-order valence-corrected chi connectivity index (χ1v) is 5.71. The van der Waals surface area contributed by atoms with Crippen LogP contribution in [0.3, 0.4) is 0 Å². The van der Waals surface area contributed by atoms with Gasteiger partial charge in [0.1, 0.15) is 5.82 Å². The Hall–Kier alpha value is -0.680. The predicted molar refractivity (Wildman–Crippen MR) is 60.6 cm³/mol. The van der Waals surface area contributed by atoms with Gasteiger partial charge in [0.05, 0.1) is 12.1 Å². The highest BCUT2D eigenvalue weighted by atomic mass is 32.1. The van der Waals surface area contributed by atoms with E-state index in [-0.39, 0.29) is 5.54 Å². The number of aromatic amines is 1. The number of hydrogen-bond donors (Lipinski definition) is 1. The minimum Gasteiger partial charge on any atom is -0.379 e. The van der Waals surface area contributed by atoms with Crippen molar-refractivity contribution < 1.29 is 4.74 Å². The molecule has 1 aliphatic rings. The number of H-pyrrole nitrogens is 1. The van der Waals surface area contributed by atoms with E-state index in [2.05, 4.69) is 35.5 Å². The summed E-state index contributed by atoms with van der Waals surface area (Å²) < 4.78 is 8.29. The molecule has 0 spiro atoms. The van der Waals surface area contributed by atoms with Crippen LogP contribution in [0.15, 0.2) is 0 Å². The van der Waals surface area contributed by atoms with Crippen molar-refractivity contribution in [3.63, 3.8) is 0 Å². The number of nitrogens with one attached hydrogen (secondary N) is 1. The predicted octanol–water partition coefficient (Wildman–Crippen LogP) is 2.20. The van der Waals surface area contributed by atoms with Gasteiger partial charge >= 0.3 is 0 Å². The molecule has 1 saturated heterocycles. The number of ether oxygens (including phenoxy) is 1. The van der Waals surface area contributed by atoms with Gasteiger partial charge in [-0.25, -0.2) is 0 Å². The highest BCUT2D eigenvalue weighted by Gasteiger charge is 2.34. The summed E-state index contributed by atoms with van der Waals surface area (Å²) in [6, 6.07) is 0. The lowest BCUT2D eigenvalue weighted by Gasteiger charge is -2.26. The Morgan fingerprint density at radius 1 is 1.60 bits per heavy atom. The van der Waals surface area contributed by atoms with Gasteiger partial charge < -0.3 is 4.74 Å². The lowest BCUT2D eigenvalue weighted by molar-refractivity contribution is 0.159. The Morgan fingerprint density at radius 2 is 2.33 bits per heavy atom. The van der Waals surface area contributed by atoms with Crippen LogP contribution in [0.5, 0.6) is 0 Å². The van der Waals surface area contributed by atoms with Crippen molar-refractivity contribution in [3.8, 4) is 0 Å². The molecular weight excluding hydrogens is 210 g/mol. The zero-order valence-corrected chi connectivity index (χ0v) is 10.2. The van der Waals surface area contributed by atoms with Gasteiger partial charge in [-0.15, -0.1) is 0 Å². The van der Waals surface area contributed by atoms with Crippen LogP contribution in [0.1, 0.15) is 38.9 Å². The summed E-state index contributed by atoms with van der Waals surface area (Å²) in [6.45, 7) is 7.96. The largest absolute Gasteiger partial charge is 0.379 e. The van der Waals surface area contributed by atoms with Crippen LogP contribution in [-0.4, -0.2) is 28.0 Å². The van der Waals surface area contributed by atoms with E-state index in [0.29, 0.717) is 10.7 Å². The minimum atomic E-state index is -0.0241. The maximum atomic E-state index is 5.46. The van der Waals surface area contributed by atoms with Crippen molar-refractivity contribution in [1.82, 2.24) is 14.8 Å². The van der Waals surface area contributed by atoms with Crippen LogP contribution in [0, 0.1) is 4.77 Å². The van der Waals surface area contributed by atoms with E-state index in [1.807, 2.05) is 0 Å². The molecule has 1 unspecified atom stereocenters. The Kier molecular flexibility index (Phi) is 2.68. The van der Waals surface area contributed by atoms with Gasteiger partial charge in [-0.05, 0) is 25.6 Å². The van der Waals surface area contributed by atoms with Crippen LogP contribution in [-0.2, 0) is 10.3 Å². The summed E-state index contributed by atoms with van der Waals surface area (Å²) in [5, 5.41) is 7.18. The average molecular weight is 227 g/mol. The first-order chi connectivity index (χ1) is 7.04. The molecular formula is C10H17N3OS. The minimum absolute atomic E-state index is 0.0241. The van der Waals surface area contributed by atoms with Crippen molar-refractivity contribution in [3.05, 3.63) is 10.6 Å². The van der Waals surface area contributed by atoms with Gasteiger partial charge in [-0.3, -0.25) is 9.67 Å². The van der Waals surface area contributed by atoms with Crippen molar-refractivity contribution in [2.24, 2.45) is 0 Å². The standard InChI is InChI=1S/C10H17N3OS/c1-7(2)8-11-12-9(15)13(8)10(3)4-5-14-6-10/h7H,4-6H2,1-3H3,(H,12,15). The molecule has 0 amide bonds. The molecule has 2 heterocycles. The molecule has 0 bridgehead atoms. The van der Waals surface area contributed by atoms with Crippen LogP contribution in [0.25, 0.3) is 0 Å². The van der Waals surface area contributed by atoms with Gasteiger partial charge in [0.25, 0.3) is 0 Å². The third-order valence-corrected chi connectivity index (χ3v) is 3.23.